The summed E-state index contributed by atoms with van der Waals surface area (Å²) in [6.45, 7) is 5.66. The molecule has 3 rings (SSSR count). The Morgan fingerprint density at radius 1 is 1.19 bits per heavy atom. The SMILES string of the molecule is CC(C)N1CCCCC(N)C1c1cccc2cccnc12. The zero-order valence-corrected chi connectivity index (χ0v) is 13.0. The van der Waals surface area contributed by atoms with E-state index >= 15 is 0 Å². The Morgan fingerprint density at radius 2 is 2.00 bits per heavy atom. The fourth-order valence-electron chi connectivity index (χ4n) is 3.57. The lowest BCUT2D eigenvalue weighted by atomic mass is 9.93. The smallest absolute Gasteiger partial charge is 0.0750 e. The summed E-state index contributed by atoms with van der Waals surface area (Å²) in [4.78, 5) is 7.19. The number of fused-ring (bicyclic) bond motifs is 1. The van der Waals surface area contributed by atoms with Crippen molar-refractivity contribution in [1.82, 2.24) is 9.88 Å². The molecule has 112 valence electrons. The molecule has 0 bridgehead atoms. The van der Waals surface area contributed by atoms with Gasteiger partial charge in [-0.2, -0.15) is 0 Å². The Hall–Kier alpha value is -1.45. The third-order valence-corrected chi connectivity index (χ3v) is 4.61. The van der Waals surface area contributed by atoms with Crippen LogP contribution >= 0.6 is 0 Å². The van der Waals surface area contributed by atoms with Crippen molar-refractivity contribution in [2.45, 2.75) is 51.2 Å². The predicted octanol–water partition coefficient (Wildman–Crippen LogP) is 3.50. The van der Waals surface area contributed by atoms with Crippen molar-refractivity contribution in [2.75, 3.05) is 6.54 Å². The summed E-state index contributed by atoms with van der Waals surface area (Å²) in [6.07, 6.45) is 5.44. The maximum atomic E-state index is 6.56. The summed E-state index contributed by atoms with van der Waals surface area (Å²) in [6, 6.07) is 11.6. The first-order valence-corrected chi connectivity index (χ1v) is 8.03. The lowest BCUT2D eigenvalue weighted by molar-refractivity contribution is 0.145. The van der Waals surface area contributed by atoms with Crippen molar-refractivity contribution in [1.29, 1.82) is 0 Å². The minimum absolute atomic E-state index is 0.183. The van der Waals surface area contributed by atoms with E-state index in [-0.39, 0.29) is 12.1 Å². The standard InChI is InChI=1S/C18H25N3/c1-13(2)21-12-4-3-10-16(19)18(21)15-9-5-7-14-8-6-11-20-17(14)15/h5-9,11,13,16,18H,3-4,10,12,19H2,1-2H3. The second-order valence-electron chi connectivity index (χ2n) is 6.36. The van der Waals surface area contributed by atoms with Gasteiger partial charge in [-0.1, -0.05) is 30.7 Å². The number of hydrogen-bond acceptors (Lipinski definition) is 3. The van der Waals surface area contributed by atoms with Crippen molar-refractivity contribution in [3.8, 4) is 0 Å². The predicted molar refractivity (Wildman–Crippen MR) is 88.2 cm³/mol. The van der Waals surface area contributed by atoms with Crippen molar-refractivity contribution in [3.05, 3.63) is 42.1 Å². The number of para-hydroxylation sites is 1. The van der Waals surface area contributed by atoms with Crippen LogP contribution in [0.1, 0.15) is 44.7 Å². The molecule has 2 N–H and O–H groups in total. The molecule has 2 atom stereocenters. The van der Waals surface area contributed by atoms with Gasteiger partial charge in [-0.3, -0.25) is 9.88 Å². The molecule has 0 amide bonds. The second-order valence-corrected chi connectivity index (χ2v) is 6.36. The third kappa shape index (κ3) is 2.81. The highest BCUT2D eigenvalue weighted by molar-refractivity contribution is 5.82. The van der Waals surface area contributed by atoms with Crippen molar-refractivity contribution < 1.29 is 0 Å². The topological polar surface area (TPSA) is 42.1 Å². The highest BCUT2D eigenvalue weighted by Crippen LogP contribution is 2.34. The zero-order valence-electron chi connectivity index (χ0n) is 13.0. The molecule has 0 saturated carbocycles. The number of likely N-dealkylation sites (tertiary alicyclic amines) is 1. The summed E-state index contributed by atoms with van der Waals surface area (Å²) in [5.41, 5.74) is 8.95. The van der Waals surface area contributed by atoms with E-state index in [1.165, 1.54) is 23.8 Å². The molecular weight excluding hydrogens is 258 g/mol. The summed E-state index contributed by atoms with van der Waals surface area (Å²) in [5, 5.41) is 1.20. The lowest BCUT2D eigenvalue weighted by Gasteiger charge is -2.37. The van der Waals surface area contributed by atoms with Crippen LogP contribution < -0.4 is 5.73 Å². The van der Waals surface area contributed by atoms with Crippen molar-refractivity contribution in [2.24, 2.45) is 5.73 Å². The lowest BCUT2D eigenvalue weighted by Crippen LogP contribution is -2.43. The molecule has 1 aromatic carbocycles. The zero-order chi connectivity index (χ0) is 14.8. The Bertz CT molecular complexity index is 603. The molecule has 3 nitrogen and oxygen atoms in total. The van der Waals surface area contributed by atoms with Crippen LogP contribution in [0.5, 0.6) is 0 Å². The van der Waals surface area contributed by atoms with E-state index in [2.05, 4.69) is 48.0 Å². The average Bonchev–Trinajstić information content (AvgIpc) is 2.68. The number of rotatable bonds is 2. The van der Waals surface area contributed by atoms with Gasteiger partial charge in [0.15, 0.2) is 0 Å². The molecule has 2 aromatic rings. The van der Waals surface area contributed by atoms with Crippen LogP contribution in [0.2, 0.25) is 0 Å². The molecular formula is C18H25N3. The number of aromatic nitrogens is 1. The van der Waals surface area contributed by atoms with Gasteiger partial charge in [0, 0.05) is 23.7 Å². The van der Waals surface area contributed by atoms with E-state index in [4.69, 9.17) is 5.73 Å². The van der Waals surface area contributed by atoms with Gasteiger partial charge < -0.3 is 5.73 Å². The number of pyridine rings is 1. The average molecular weight is 283 g/mol. The van der Waals surface area contributed by atoms with Crippen molar-refractivity contribution in [3.63, 3.8) is 0 Å². The maximum Gasteiger partial charge on any atom is 0.0750 e. The Labute approximate surface area is 127 Å². The molecule has 0 aliphatic carbocycles. The Kier molecular flexibility index (Phi) is 4.22. The molecule has 3 heteroatoms. The molecule has 1 fully saturated rings. The Morgan fingerprint density at radius 3 is 2.81 bits per heavy atom. The van der Waals surface area contributed by atoms with Gasteiger partial charge in [-0.25, -0.2) is 0 Å². The molecule has 1 saturated heterocycles. The van der Waals surface area contributed by atoms with Gasteiger partial charge in [-0.15, -0.1) is 0 Å². The van der Waals surface area contributed by atoms with Crippen LogP contribution in [-0.2, 0) is 0 Å². The van der Waals surface area contributed by atoms with Crippen LogP contribution in [0.3, 0.4) is 0 Å². The summed E-state index contributed by atoms with van der Waals surface area (Å²) < 4.78 is 0. The van der Waals surface area contributed by atoms with Gasteiger partial charge in [0.2, 0.25) is 0 Å². The van der Waals surface area contributed by atoms with Gasteiger partial charge in [0.25, 0.3) is 0 Å². The van der Waals surface area contributed by atoms with Gasteiger partial charge in [0.05, 0.1) is 11.6 Å². The van der Waals surface area contributed by atoms with E-state index in [0.29, 0.717) is 6.04 Å². The van der Waals surface area contributed by atoms with Gasteiger partial charge >= 0.3 is 0 Å². The molecule has 1 aliphatic heterocycles. The fourth-order valence-corrected chi connectivity index (χ4v) is 3.57. The first-order chi connectivity index (χ1) is 10.2. The van der Waals surface area contributed by atoms with Gasteiger partial charge in [-0.05, 0) is 44.9 Å². The largest absolute Gasteiger partial charge is 0.326 e. The van der Waals surface area contributed by atoms with Crippen LogP contribution in [0, 0.1) is 0 Å². The molecule has 21 heavy (non-hydrogen) atoms. The fraction of sp³-hybridized carbons (Fsp3) is 0.500. The molecule has 0 radical (unpaired) electrons. The third-order valence-electron chi connectivity index (χ3n) is 4.61. The quantitative estimate of drug-likeness (QED) is 0.917. The number of hydrogen-bond donors (Lipinski definition) is 1. The second kappa shape index (κ2) is 6.12. The van der Waals surface area contributed by atoms with E-state index in [1.807, 2.05) is 12.3 Å². The normalized spacial score (nSPS) is 24.4. The molecule has 2 heterocycles. The number of nitrogens with two attached hydrogens (primary N) is 1. The molecule has 1 aliphatic rings. The summed E-state index contributed by atoms with van der Waals surface area (Å²) in [5.74, 6) is 0. The Balaban J connectivity index is 2.12. The van der Waals surface area contributed by atoms with E-state index in [1.54, 1.807) is 0 Å². The molecule has 2 unspecified atom stereocenters. The van der Waals surface area contributed by atoms with E-state index in [9.17, 15) is 0 Å². The minimum Gasteiger partial charge on any atom is -0.326 e. The first-order valence-electron chi connectivity index (χ1n) is 8.03. The number of nitrogens with zero attached hydrogens (tertiary/aromatic N) is 2. The van der Waals surface area contributed by atoms with Gasteiger partial charge in [0.1, 0.15) is 0 Å². The molecule has 1 aromatic heterocycles. The van der Waals surface area contributed by atoms with Crippen LogP contribution in [-0.4, -0.2) is 28.5 Å². The van der Waals surface area contributed by atoms with Crippen LogP contribution in [0.25, 0.3) is 10.9 Å². The van der Waals surface area contributed by atoms with Crippen LogP contribution in [0.15, 0.2) is 36.5 Å². The summed E-state index contributed by atoms with van der Waals surface area (Å²) in [7, 11) is 0. The van der Waals surface area contributed by atoms with Crippen LogP contribution in [0.4, 0.5) is 0 Å². The maximum absolute atomic E-state index is 6.56. The highest BCUT2D eigenvalue weighted by Gasteiger charge is 2.31. The number of benzene rings is 1. The van der Waals surface area contributed by atoms with E-state index in [0.717, 1.165) is 18.5 Å². The summed E-state index contributed by atoms with van der Waals surface area (Å²) >= 11 is 0. The van der Waals surface area contributed by atoms with Crippen molar-refractivity contribution >= 4 is 10.9 Å². The first kappa shape index (κ1) is 14.5. The van der Waals surface area contributed by atoms with E-state index < -0.39 is 0 Å². The molecule has 0 spiro atoms. The highest BCUT2D eigenvalue weighted by atomic mass is 15.2. The monoisotopic (exact) mass is 283 g/mol. The minimum atomic E-state index is 0.183.